The van der Waals surface area contributed by atoms with Gasteiger partial charge in [0.15, 0.2) is 11.6 Å². The highest BCUT2D eigenvalue weighted by Crippen LogP contribution is 2.26. The minimum atomic E-state index is -0.526. The second kappa shape index (κ2) is 11.4. The average molecular weight is 555 g/mol. The fourth-order valence-electron chi connectivity index (χ4n) is 3.88. The molecule has 1 unspecified atom stereocenters. The van der Waals surface area contributed by atoms with E-state index in [1.165, 1.54) is 18.2 Å². The van der Waals surface area contributed by atoms with Crippen LogP contribution in [0.25, 0.3) is 5.65 Å². The Hall–Kier alpha value is -2.50. The predicted octanol–water partition coefficient (Wildman–Crippen LogP) is 3.39. The molecule has 4 rings (SSSR count). The molecule has 1 saturated heterocycles. The Morgan fingerprint density at radius 1 is 1.16 bits per heavy atom. The van der Waals surface area contributed by atoms with E-state index in [-0.39, 0.29) is 35.7 Å². The summed E-state index contributed by atoms with van der Waals surface area (Å²) < 4.78 is 30.2. The van der Waals surface area contributed by atoms with Crippen LogP contribution in [0.3, 0.4) is 0 Å². The maximum atomic E-state index is 14.1. The quantitative estimate of drug-likeness (QED) is 0.203. The molecule has 1 aliphatic heterocycles. The number of hydrogen-bond acceptors (Lipinski definition) is 4. The minimum absolute atomic E-state index is 0. The smallest absolute Gasteiger partial charge is 0.191 e. The molecule has 3 aromatic rings. The van der Waals surface area contributed by atoms with Crippen molar-refractivity contribution in [1.82, 2.24) is 25.2 Å². The molecule has 0 saturated carbocycles. The highest BCUT2D eigenvalue weighted by atomic mass is 127. The third-order valence-electron chi connectivity index (χ3n) is 5.34. The van der Waals surface area contributed by atoms with Gasteiger partial charge in [0.2, 0.25) is 0 Å². The van der Waals surface area contributed by atoms with Crippen molar-refractivity contribution in [2.45, 2.75) is 32.2 Å². The molecule has 7 nitrogen and oxygen atoms in total. The maximum Gasteiger partial charge on any atom is 0.191 e. The number of fused-ring (bicyclic) bond motifs is 1. The molecule has 0 bridgehead atoms. The molecule has 10 heteroatoms. The normalized spacial score (nSPS) is 16.3. The number of rotatable bonds is 7. The van der Waals surface area contributed by atoms with Gasteiger partial charge in [0, 0.05) is 44.8 Å². The van der Waals surface area contributed by atoms with Crippen LogP contribution >= 0.6 is 24.0 Å². The fraction of sp³-hybridized carbons (Fsp3) is 0.409. The van der Waals surface area contributed by atoms with Crippen LogP contribution in [0, 0.1) is 11.6 Å². The summed E-state index contributed by atoms with van der Waals surface area (Å²) in [5.41, 5.74) is 0.891. The molecule has 172 valence electrons. The third kappa shape index (κ3) is 5.64. The van der Waals surface area contributed by atoms with Gasteiger partial charge in [-0.3, -0.25) is 9.39 Å². The Labute approximate surface area is 203 Å². The number of aryl methyl sites for hydroxylation is 1. The number of nitrogens with one attached hydrogen (secondary N) is 2. The number of anilines is 1. The highest BCUT2D eigenvalue weighted by Gasteiger charge is 2.27. The number of hydrogen-bond donors (Lipinski definition) is 2. The molecular formula is C22H28F2IN7. The monoisotopic (exact) mass is 555 g/mol. The maximum absolute atomic E-state index is 14.1. The number of halogens is 3. The zero-order valence-electron chi connectivity index (χ0n) is 18.0. The first-order chi connectivity index (χ1) is 15.2. The van der Waals surface area contributed by atoms with E-state index in [9.17, 15) is 8.78 Å². The summed E-state index contributed by atoms with van der Waals surface area (Å²) in [5.74, 6) is 0.584. The fourth-order valence-corrected chi connectivity index (χ4v) is 3.88. The standard InChI is InChI=1S/C22H27F2N7.HI/c1-2-25-22(26-12-6-10-20-29-28-19-9-3-4-13-31(19)20)27-16-11-14-30(15-16)21-17(23)7-5-8-18(21)24;/h3-5,7-9,13,16H,2,6,10-12,14-15H2,1H3,(H2,25,26,27);1H. The summed E-state index contributed by atoms with van der Waals surface area (Å²) in [6.07, 6.45) is 4.36. The molecule has 3 heterocycles. The summed E-state index contributed by atoms with van der Waals surface area (Å²) in [7, 11) is 0. The van der Waals surface area contributed by atoms with Crippen LogP contribution in [-0.4, -0.2) is 52.8 Å². The molecule has 2 aromatic heterocycles. The molecule has 32 heavy (non-hydrogen) atoms. The number of aromatic nitrogens is 3. The number of benzene rings is 1. The Balaban J connectivity index is 0.00000289. The lowest BCUT2D eigenvalue weighted by Gasteiger charge is -2.21. The van der Waals surface area contributed by atoms with Crippen molar-refractivity contribution < 1.29 is 8.78 Å². The summed E-state index contributed by atoms with van der Waals surface area (Å²) in [6.45, 7) is 4.49. The van der Waals surface area contributed by atoms with E-state index in [1.807, 2.05) is 35.7 Å². The second-order valence-electron chi connectivity index (χ2n) is 7.56. The van der Waals surface area contributed by atoms with Crippen molar-refractivity contribution in [3.05, 3.63) is 60.1 Å². The number of nitrogens with zero attached hydrogens (tertiary/aromatic N) is 5. The number of guanidine groups is 1. The van der Waals surface area contributed by atoms with Gasteiger partial charge in [0.05, 0.1) is 0 Å². The van der Waals surface area contributed by atoms with E-state index in [0.717, 1.165) is 43.2 Å². The molecule has 1 atom stereocenters. The van der Waals surface area contributed by atoms with Gasteiger partial charge in [-0.2, -0.15) is 0 Å². The van der Waals surface area contributed by atoms with E-state index in [4.69, 9.17) is 0 Å². The van der Waals surface area contributed by atoms with E-state index >= 15 is 0 Å². The zero-order chi connectivity index (χ0) is 21.6. The van der Waals surface area contributed by atoms with Gasteiger partial charge < -0.3 is 15.5 Å². The van der Waals surface area contributed by atoms with Crippen molar-refractivity contribution in [2.24, 2.45) is 4.99 Å². The van der Waals surface area contributed by atoms with Gasteiger partial charge in [0.25, 0.3) is 0 Å². The first-order valence-corrected chi connectivity index (χ1v) is 10.7. The number of aliphatic imine (C=N–C) groups is 1. The van der Waals surface area contributed by atoms with Crippen molar-refractivity contribution in [3.8, 4) is 0 Å². The molecule has 0 aliphatic carbocycles. The Bertz CT molecular complexity index is 1040. The number of pyridine rings is 1. The second-order valence-corrected chi connectivity index (χ2v) is 7.56. The summed E-state index contributed by atoms with van der Waals surface area (Å²) in [5, 5.41) is 15.1. The van der Waals surface area contributed by atoms with Crippen molar-refractivity contribution in [1.29, 1.82) is 0 Å². The van der Waals surface area contributed by atoms with Gasteiger partial charge in [-0.25, -0.2) is 8.78 Å². The lowest BCUT2D eigenvalue weighted by Crippen LogP contribution is -2.44. The number of para-hydroxylation sites is 1. The van der Waals surface area contributed by atoms with Crippen molar-refractivity contribution in [3.63, 3.8) is 0 Å². The van der Waals surface area contributed by atoms with E-state index < -0.39 is 11.6 Å². The minimum Gasteiger partial charge on any atom is -0.365 e. The molecule has 1 fully saturated rings. The average Bonchev–Trinajstić information content (AvgIpc) is 3.38. The van der Waals surface area contributed by atoms with Crippen molar-refractivity contribution in [2.75, 3.05) is 31.1 Å². The molecular weight excluding hydrogens is 527 g/mol. The Kier molecular flexibility index (Phi) is 8.60. The van der Waals surface area contributed by atoms with Gasteiger partial charge in [-0.1, -0.05) is 12.1 Å². The van der Waals surface area contributed by atoms with E-state index in [2.05, 4.69) is 25.8 Å². The van der Waals surface area contributed by atoms with Crippen LogP contribution < -0.4 is 15.5 Å². The lowest BCUT2D eigenvalue weighted by atomic mass is 10.2. The predicted molar refractivity (Wildman–Crippen MR) is 133 cm³/mol. The Morgan fingerprint density at radius 2 is 1.97 bits per heavy atom. The van der Waals surface area contributed by atoms with E-state index in [1.54, 1.807) is 4.90 Å². The largest absolute Gasteiger partial charge is 0.365 e. The van der Waals surface area contributed by atoms with Crippen LogP contribution in [0.4, 0.5) is 14.5 Å². The third-order valence-corrected chi connectivity index (χ3v) is 5.34. The van der Waals surface area contributed by atoms with Gasteiger partial charge in [0.1, 0.15) is 23.1 Å². The molecule has 1 aromatic carbocycles. The zero-order valence-corrected chi connectivity index (χ0v) is 20.3. The van der Waals surface area contributed by atoms with Crippen molar-refractivity contribution >= 4 is 41.3 Å². The molecule has 0 radical (unpaired) electrons. The van der Waals surface area contributed by atoms with Gasteiger partial charge in [-0.05, 0) is 44.0 Å². The van der Waals surface area contributed by atoms with Gasteiger partial charge >= 0.3 is 0 Å². The van der Waals surface area contributed by atoms with Crippen LogP contribution in [0.15, 0.2) is 47.6 Å². The summed E-state index contributed by atoms with van der Waals surface area (Å²) in [4.78, 5) is 6.41. The van der Waals surface area contributed by atoms with E-state index in [0.29, 0.717) is 19.6 Å². The first kappa shape index (κ1) is 24.1. The SMILES string of the molecule is CCNC(=NCCCc1nnc2ccccn12)NC1CCN(c2c(F)cccc2F)C1.I. The van der Waals surface area contributed by atoms with Gasteiger partial charge in [-0.15, -0.1) is 34.2 Å². The van der Waals surface area contributed by atoms with Crippen LogP contribution in [-0.2, 0) is 6.42 Å². The lowest BCUT2D eigenvalue weighted by molar-refractivity contribution is 0.576. The van der Waals surface area contributed by atoms with Crippen LogP contribution in [0.2, 0.25) is 0 Å². The summed E-state index contributed by atoms with van der Waals surface area (Å²) >= 11 is 0. The highest BCUT2D eigenvalue weighted by molar-refractivity contribution is 14.0. The molecule has 2 N–H and O–H groups in total. The topological polar surface area (TPSA) is 69.8 Å². The van der Waals surface area contributed by atoms with Crippen LogP contribution in [0.1, 0.15) is 25.6 Å². The first-order valence-electron chi connectivity index (χ1n) is 10.7. The molecule has 0 amide bonds. The molecule has 0 spiro atoms. The Morgan fingerprint density at radius 3 is 2.75 bits per heavy atom. The summed E-state index contributed by atoms with van der Waals surface area (Å²) in [6, 6.07) is 9.88. The molecule has 1 aliphatic rings. The van der Waals surface area contributed by atoms with Crippen LogP contribution in [0.5, 0.6) is 0 Å².